The van der Waals surface area contributed by atoms with Crippen LogP contribution in [0.4, 0.5) is 13.2 Å². The fraction of sp³-hybridized carbons (Fsp3) is 0.545. The average molecular weight is 421 g/mol. The molecule has 1 aliphatic carbocycles. The molecule has 1 saturated carbocycles. The number of halogens is 3. The summed E-state index contributed by atoms with van der Waals surface area (Å²) in [4.78, 5) is 16.9. The molecule has 0 bridgehead atoms. The number of fused-ring (bicyclic) bond motifs is 1. The molecular weight excluding hydrogens is 395 g/mol. The zero-order chi connectivity index (χ0) is 21.7. The van der Waals surface area contributed by atoms with Crippen LogP contribution in [-0.2, 0) is 10.9 Å². The molecule has 1 aliphatic heterocycles. The van der Waals surface area contributed by atoms with Crippen molar-refractivity contribution in [2.45, 2.75) is 57.3 Å². The summed E-state index contributed by atoms with van der Waals surface area (Å²) in [6.07, 6.45) is -2.73. The fourth-order valence-corrected chi connectivity index (χ4v) is 3.82. The van der Waals surface area contributed by atoms with E-state index in [0.717, 1.165) is 12.8 Å². The number of rotatable bonds is 3. The van der Waals surface area contributed by atoms with Crippen molar-refractivity contribution >= 4 is 16.8 Å². The molecule has 30 heavy (non-hydrogen) atoms. The van der Waals surface area contributed by atoms with Gasteiger partial charge in [-0.15, -0.1) is 0 Å². The molecule has 2 aromatic rings. The van der Waals surface area contributed by atoms with Gasteiger partial charge in [0.05, 0.1) is 30.3 Å². The van der Waals surface area contributed by atoms with E-state index in [1.807, 2.05) is 13.8 Å². The van der Waals surface area contributed by atoms with Crippen LogP contribution in [0.15, 0.2) is 18.2 Å². The van der Waals surface area contributed by atoms with Gasteiger partial charge in [0, 0.05) is 17.5 Å². The minimum absolute atomic E-state index is 0.0202. The predicted molar refractivity (Wildman–Crippen MR) is 108 cm³/mol. The highest BCUT2D eigenvalue weighted by atomic mass is 19.4. The highest BCUT2D eigenvalue weighted by Gasteiger charge is 2.36. The third kappa shape index (κ3) is 4.44. The Bertz CT molecular complexity index is 984. The van der Waals surface area contributed by atoms with Crippen molar-refractivity contribution in [2.75, 3.05) is 19.8 Å². The number of ether oxygens (including phenoxy) is 1. The summed E-state index contributed by atoms with van der Waals surface area (Å²) in [5, 5.41) is 6.59. The van der Waals surface area contributed by atoms with Gasteiger partial charge in [0.1, 0.15) is 5.69 Å². The molecule has 1 atom stereocenters. The van der Waals surface area contributed by atoms with Crippen LogP contribution in [0, 0.1) is 6.92 Å². The maximum absolute atomic E-state index is 13.8. The van der Waals surface area contributed by atoms with Crippen LogP contribution in [0.2, 0.25) is 0 Å². The summed E-state index contributed by atoms with van der Waals surface area (Å²) in [6.45, 7) is 7.05. The molecule has 162 valence electrons. The summed E-state index contributed by atoms with van der Waals surface area (Å²) in [6, 6.07) is 4.25. The van der Waals surface area contributed by atoms with Gasteiger partial charge in [-0.3, -0.25) is 4.79 Å². The number of pyridine rings is 1. The monoisotopic (exact) mass is 421 g/mol. The lowest BCUT2D eigenvalue weighted by Gasteiger charge is -2.23. The van der Waals surface area contributed by atoms with Gasteiger partial charge in [-0.1, -0.05) is 0 Å². The lowest BCUT2D eigenvalue weighted by Crippen LogP contribution is -2.48. The Balaban J connectivity index is 1.66. The quantitative estimate of drug-likeness (QED) is 0.788. The van der Waals surface area contributed by atoms with Gasteiger partial charge in [-0.25, -0.2) is 4.98 Å². The van der Waals surface area contributed by atoms with Crippen molar-refractivity contribution < 1.29 is 22.7 Å². The molecule has 8 heteroatoms. The number of amides is 1. The average Bonchev–Trinajstić information content (AvgIpc) is 3.49. The number of aryl methyl sites for hydroxylation is 1. The molecular formula is C22H26F3N3O2. The molecule has 4 rings (SSSR count). The zero-order valence-electron chi connectivity index (χ0n) is 17.3. The van der Waals surface area contributed by atoms with Crippen molar-refractivity contribution in [3.8, 4) is 0 Å². The standard InChI is InChI=1S/C22H26F3N3O2/c1-12-6-18(20(29)27-15-9-26-21(2,3)11-30-10-15)28-19-16(12)7-14(13-4-5-13)8-17(19)22(23,24)25/h6-8,13,15,26H,4-5,9-11H2,1-3H3,(H,27,29). The smallest absolute Gasteiger partial charge is 0.377 e. The maximum Gasteiger partial charge on any atom is 0.418 e. The molecule has 1 aromatic carbocycles. The molecule has 2 aliphatic rings. The molecule has 1 aromatic heterocycles. The van der Waals surface area contributed by atoms with Crippen LogP contribution in [-0.4, -0.2) is 42.2 Å². The zero-order valence-corrected chi connectivity index (χ0v) is 17.3. The third-order valence-electron chi connectivity index (χ3n) is 5.67. The first-order valence-electron chi connectivity index (χ1n) is 10.2. The summed E-state index contributed by atoms with van der Waals surface area (Å²) in [5.41, 5.74) is 0.122. The SMILES string of the molecule is Cc1cc(C(=O)NC2CNC(C)(C)COC2)nc2c(C(F)(F)F)cc(C3CC3)cc12. The molecule has 0 radical (unpaired) electrons. The van der Waals surface area contributed by atoms with E-state index < -0.39 is 17.6 Å². The number of benzene rings is 1. The Labute approximate surface area is 173 Å². The normalized spacial score (nSPS) is 22.0. The third-order valence-corrected chi connectivity index (χ3v) is 5.67. The van der Waals surface area contributed by atoms with E-state index in [2.05, 4.69) is 15.6 Å². The van der Waals surface area contributed by atoms with Crippen LogP contribution in [0.3, 0.4) is 0 Å². The Morgan fingerprint density at radius 2 is 2.00 bits per heavy atom. The van der Waals surface area contributed by atoms with E-state index in [0.29, 0.717) is 36.3 Å². The number of alkyl halides is 3. The fourth-order valence-electron chi connectivity index (χ4n) is 3.82. The van der Waals surface area contributed by atoms with Crippen molar-refractivity contribution in [1.82, 2.24) is 15.6 Å². The molecule has 2 fully saturated rings. The van der Waals surface area contributed by atoms with Crippen molar-refractivity contribution in [3.63, 3.8) is 0 Å². The molecule has 1 saturated heterocycles. The number of aromatic nitrogens is 1. The molecule has 2 N–H and O–H groups in total. The lowest BCUT2D eigenvalue weighted by atomic mass is 9.98. The largest absolute Gasteiger partial charge is 0.418 e. The van der Waals surface area contributed by atoms with Crippen LogP contribution in [0.5, 0.6) is 0 Å². The molecule has 1 amide bonds. The van der Waals surface area contributed by atoms with Crippen molar-refractivity contribution in [1.29, 1.82) is 0 Å². The number of carbonyl (C=O) groups excluding carboxylic acids is 1. The maximum atomic E-state index is 13.8. The van der Waals surface area contributed by atoms with E-state index >= 15 is 0 Å². The van der Waals surface area contributed by atoms with Gasteiger partial charge >= 0.3 is 6.18 Å². The number of hydrogen-bond donors (Lipinski definition) is 2. The summed E-state index contributed by atoms with van der Waals surface area (Å²) < 4.78 is 46.9. The molecule has 2 heterocycles. The Morgan fingerprint density at radius 1 is 1.27 bits per heavy atom. The van der Waals surface area contributed by atoms with Crippen LogP contribution in [0.25, 0.3) is 10.9 Å². The van der Waals surface area contributed by atoms with E-state index in [1.54, 1.807) is 19.1 Å². The summed E-state index contributed by atoms with van der Waals surface area (Å²) in [5.74, 6) is -0.320. The van der Waals surface area contributed by atoms with Crippen molar-refractivity contribution in [2.24, 2.45) is 0 Å². The van der Waals surface area contributed by atoms with Crippen LogP contribution in [0.1, 0.15) is 59.8 Å². The highest BCUT2D eigenvalue weighted by molar-refractivity contribution is 5.97. The summed E-state index contributed by atoms with van der Waals surface area (Å²) >= 11 is 0. The summed E-state index contributed by atoms with van der Waals surface area (Å²) in [7, 11) is 0. The van der Waals surface area contributed by atoms with Crippen molar-refractivity contribution in [3.05, 3.63) is 40.6 Å². The van der Waals surface area contributed by atoms with Crippen LogP contribution >= 0.6 is 0 Å². The van der Waals surface area contributed by atoms with E-state index in [1.165, 1.54) is 6.07 Å². The molecule has 0 spiro atoms. The Hall–Kier alpha value is -2.19. The van der Waals surface area contributed by atoms with E-state index in [9.17, 15) is 18.0 Å². The van der Waals surface area contributed by atoms with E-state index in [-0.39, 0.29) is 28.7 Å². The second-order valence-corrected chi connectivity index (χ2v) is 9.01. The van der Waals surface area contributed by atoms with Gasteiger partial charge < -0.3 is 15.4 Å². The predicted octanol–water partition coefficient (Wildman–Crippen LogP) is 3.94. The van der Waals surface area contributed by atoms with Gasteiger partial charge in [-0.2, -0.15) is 13.2 Å². The van der Waals surface area contributed by atoms with E-state index in [4.69, 9.17) is 4.74 Å². The lowest BCUT2D eigenvalue weighted by molar-refractivity contribution is -0.136. The first kappa shape index (κ1) is 21.1. The second-order valence-electron chi connectivity index (χ2n) is 9.01. The van der Waals surface area contributed by atoms with Gasteiger partial charge in [-0.05, 0) is 68.9 Å². The Kier molecular flexibility index (Phi) is 5.26. The molecule has 5 nitrogen and oxygen atoms in total. The van der Waals surface area contributed by atoms with Gasteiger partial charge in [0.2, 0.25) is 0 Å². The Morgan fingerprint density at radius 3 is 2.67 bits per heavy atom. The number of carbonyl (C=O) groups is 1. The number of hydrogen-bond acceptors (Lipinski definition) is 4. The van der Waals surface area contributed by atoms with Gasteiger partial charge in [0.15, 0.2) is 0 Å². The second kappa shape index (κ2) is 7.50. The molecule has 1 unspecified atom stereocenters. The minimum atomic E-state index is -4.54. The topological polar surface area (TPSA) is 63.2 Å². The minimum Gasteiger partial charge on any atom is -0.377 e. The number of nitrogens with one attached hydrogen (secondary N) is 2. The first-order valence-corrected chi connectivity index (χ1v) is 10.2. The number of nitrogens with zero attached hydrogens (tertiary/aromatic N) is 1. The van der Waals surface area contributed by atoms with Crippen LogP contribution < -0.4 is 10.6 Å². The van der Waals surface area contributed by atoms with Gasteiger partial charge in [0.25, 0.3) is 5.91 Å². The highest BCUT2D eigenvalue weighted by Crippen LogP contribution is 2.44. The first-order chi connectivity index (χ1) is 14.0.